The quantitative estimate of drug-likeness (QED) is 0.115. The van der Waals surface area contributed by atoms with Crippen LogP contribution in [0, 0.1) is 18.2 Å². The Morgan fingerprint density at radius 2 is 1.68 bits per heavy atom. The highest BCUT2D eigenvalue weighted by Crippen LogP contribution is 2.35. The fourth-order valence-electron chi connectivity index (χ4n) is 8.21. The predicted octanol–water partition coefficient (Wildman–Crippen LogP) is 6.64. The Balaban J connectivity index is 0.937. The normalized spacial score (nSPS) is 18.6. The van der Waals surface area contributed by atoms with Crippen molar-refractivity contribution in [3.8, 4) is 38.6 Å². The minimum absolute atomic E-state index is 0.0135. The number of hydrogen-bond acceptors (Lipinski definition) is 10. The van der Waals surface area contributed by atoms with E-state index in [-0.39, 0.29) is 54.9 Å². The van der Waals surface area contributed by atoms with Crippen LogP contribution in [0.5, 0.6) is 5.75 Å². The van der Waals surface area contributed by atoms with Crippen LogP contribution in [-0.2, 0) is 14.4 Å². The number of nitrogens with zero attached hydrogens (tertiary/aromatic N) is 5. The molecule has 3 amide bonds. The van der Waals surface area contributed by atoms with Crippen molar-refractivity contribution in [2.75, 3.05) is 26.2 Å². The van der Waals surface area contributed by atoms with Gasteiger partial charge in [0.05, 0.1) is 46.7 Å². The van der Waals surface area contributed by atoms with Crippen LogP contribution in [0.3, 0.4) is 0 Å². The number of aromatic nitrogens is 3. The zero-order valence-electron chi connectivity index (χ0n) is 34.6. The van der Waals surface area contributed by atoms with Crippen LogP contribution in [0.25, 0.3) is 32.8 Å². The number of phenols is 1. The maximum Gasteiger partial charge on any atom is 0.246 e. The highest BCUT2D eigenvalue weighted by Gasteiger charge is 2.45. The number of phenolic OH excluding ortho intramolecular Hbond substituents is 1. The second-order valence-electron chi connectivity index (χ2n) is 17.0. The number of aliphatic hydroxyl groups is 1. The number of thiazole rings is 1. The molecule has 7 rings (SSSR count). The summed E-state index contributed by atoms with van der Waals surface area (Å²) in [7, 11) is 0. The van der Waals surface area contributed by atoms with Crippen LogP contribution in [0.1, 0.15) is 75.7 Å². The van der Waals surface area contributed by atoms with Gasteiger partial charge < -0.3 is 25.7 Å². The Labute approximate surface area is 353 Å². The van der Waals surface area contributed by atoms with Crippen LogP contribution in [0.4, 0.5) is 4.39 Å². The Hall–Kier alpha value is -5.57. The largest absolute Gasteiger partial charge is 0.507 e. The van der Waals surface area contributed by atoms with Gasteiger partial charge in [0.2, 0.25) is 17.7 Å². The monoisotopic (exact) mass is 833 g/mol. The van der Waals surface area contributed by atoms with Crippen LogP contribution in [0.2, 0.25) is 0 Å². The third-order valence-electron chi connectivity index (χ3n) is 11.6. The van der Waals surface area contributed by atoms with E-state index in [1.165, 1.54) is 11.0 Å². The lowest BCUT2D eigenvalue weighted by molar-refractivity contribution is -0.144. The number of para-hydroxylation sites is 1. The van der Waals surface area contributed by atoms with Crippen LogP contribution >= 0.6 is 11.3 Å². The Morgan fingerprint density at radius 3 is 2.35 bits per heavy atom. The van der Waals surface area contributed by atoms with Crippen molar-refractivity contribution in [2.24, 2.45) is 5.41 Å². The molecular weight excluding hydrogens is 782 g/mol. The van der Waals surface area contributed by atoms with Crippen molar-refractivity contribution in [3.05, 3.63) is 107 Å². The zero-order valence-corrected chi connectivity index (χ0v) is 35.4. The summed E-state index contributed by atoms with van der Waals surface area (Å²) in [6, 6.07) is 19.6. The SMILES string of the molecule is Cc1ncsc1-c1ccc([C@H](C)NC(=O)[C@@H]2C[C@@H](O)CN2C(=O)[C@@H](NC(=O)CN2CCC(c3ccc(-c4cnnc(-c5ccccc5O)c4)cc3F)CC2)C(C)(C)C)cc1. The van der Waals surface area contributed by atoms with Crippen molar-refractivity contribution in [1.29, 1.82) is 0 Å². The molecule has 0 aliphatic carbocycles. The molecule has 0 saturated carbocycles. The predicted molar refractivity (Wildman–Crippen MR) is 229 cm³/mol. The number of nitrogens with one attached hydrogen (secondary N) is 2. The first kappa shape index (κ1) is 42.6. The van der Waals surface area contributed by atoms with Gasteiger partial charge in [-0.25, -0.2) is 9.37 Å². The summed E-state index contributed by atoms with van der Waals surface area (Å²) in [6.45, 7) is 10.6. The maximum absolute atomic E-state index is 15.7. The molecule has 4 heterocycles. The van der Waals surface area contributed by atoms with E-state index >= 15 is 4.39 Å². The third-order valence-corrected chi connectivity index (χ3v) is 12.6. The number of hydrogen-bond donors (Lipinski definition) is 4. The van der Waals surface area contributed by atoms with Gasteiger partial charge in [-0.1, -0.05) is 69.3 Å². The molecule has 0 unspecified atom stereocenters. The first-order valence-electron chi connectivity index (χ1n) is 20.4. The van der Waals surface area contributed by atoms with E-state index in [4.69, 9.17) is 0 Å². The molecule has 12 nitrogen and oxygen atoms in total. The number of carbonyl (C=O) groups excluding carboxylic acids is 3. The van der Waals surface area contributed by atoms with Crippen molar-refractivity contribution in [1.82, 2.24) is 35.6 Å². The number of aliphatic hydroxyl groups excluding tert-OH is 1. The smallest absolute Gasteiger partial charge is 0.246 e. The summed E-state index contributed by atoms with van der Waals surface area (Å²) >= 11 is 1.57. The Kier molecular flexibility index (Phi) is 12.7. The minimum Gasteiger partial charge on any atom is -0.507 e. The van der Waals surface area contributed by atoms with Gasteiger partial charge in [0, 0.05) is 24.1 Å². The van der Waals surface area contributed by atoms with Crippen LogP contribution in [-0.4, -0.2) is 97.3 Å². The number of carbonyl (C=O) groups is 3. The van der Waals surface area contributed by atoms with Gasteiger partial charge in [0.1, 0.15) is 23.7 Å². The van der Waals surface area contributed by atoms with E-state index in [2.05, 4.69) is 25.8 Å². The molecule has 4 N–H and O–H groups in total. The standard InChI is InChI=1S/C46H52FN7O5S/c1-27(29-10-12-31(13-11-29)42-28(2)48-26-60-42)50-44(58)39-22-34(55)24-54(39)45(59)43(46(3,4)5)51-41(57)25-53-18-16-30(17-19-53)35-15-14-32(20-37(35)47)33-21-38(52-49-23-33)36-8-6-7-9-40(36)56/h6-15,20-21,23,26-27,30,34,39,43,55-56H,16-19,22,24-25H2,1-5H3,(H,50,58)(H,51,57)/t27-,34+,39-,43+/m0/s1. The summed E-state index contributed by atoms with van der Waals surface area (Å²) < 4.78 is 15.7. The minimum atomic E-state index is -0.944. The van der Waals surface area contributed by atoms with E-state index in [0.717, 1.165) is 21.7 Å². The zero-order chi connectivity index (χ0) is 42.7. The number of likely N-dealkylation sites (tertiary alicyclic amines) is 2. The van der Waals surface area contributed by atoms with Gasteiger partial charge in [-0.05, 0) is 97.6 Å². The average molecular weight is 834 g/mol. The molecule has 2 saturated heterocycles. The van der Waals surface area contributed by atoms with Crippen molar-refractivity contribution in [3.63, 3.8) is 0 Å². The molecule has 2 fully saturated rings. The number of rotatable bonds is 11. The van der Waals surface area contributed by atoms with Crippen molar-refractivity contribution >= 4 is 29.1 Å². The highest BCUT2D eigenvalue weighted by atomic mass is 32.1. The summed E-state index contributed by atoms with van der Waals surface area (Å²) in [5, 5.41) is 35.2. The van der Waals surface area contributed by atoms with Gasteiger partial charge in [-0.2, -0.15) is 10.2 Å². The molecule has 2 aliphatic heterocycles. The van der Waals surface area contributed by atoms with Crippen molar-refractivity contribution < 1.29 is 29.0 Å². The molecule has 0 spiro atoms. The lowest BCUT2D eigenvalue weighted by Crippen LogP contribution is -2.59. The molecule has 4 atom stereocenters. The van der Waals surface area contributed by atoms with E-state index in [9.17, 15) is 24.6 Å². The van der Waals surface area contributed by atoms with Crippen molar-refractivity contribution in [2.45, 2.75) is 84.0 Å². The number of aromatic hydroxyl groups is 1. The molecule has 314 valence electrons. The Bertz CT molecular complexity index is 2340. The summed E-state index contributed by atoms with van der Waals surface area (Å²) in [6.07, 6.45) is 2.08. The first-order valence-corrected chi connectivity index (χ1v) is 21.3. The van der Waals surface area contributed by atoms with Gasteiger partial charge in [-0.15, -0.1) is 11.3 Å². The maximum atomic E-state index is 15.7. The molecule has 2 aliphatic rings. The number of β-amino-alcohol motifs (C(OH)–C–C–N with tert-alkyl or cyclic N) is 1. The van der Waals surface area contributed by atoms with E-state index in [0.29, 0.717) is 53.9 Å². The lowest BCUT2D eigenvalue weighted by Gasteiger charge is -2.36. The van der Waals surface area contributed by atoms with Gasteiger partial charge >= 0.3 is 0 Å². The molecule has 0 radical (unpaired) electrons. The Morgan fingerprint density at radius 1 is 0.967 bits per heavy atom. The number of halogens is 1. The fraction of sp³-hybridized carbons (Fsp3) is 0.391. The first-order chi connectivity index (χ1) is 28.7. The molecule has 5 aromatic rings. The molecule has 14 heteroatoms. The average Bonchev–Trinajstić information content (AvgIpc) is 3.85. The summed E-state index contributed by atoms with van der Waals surface area (Å²) in [4.78, 5) is 50.3. The van der Waals surface area contributed by atoms with E-state index in [1.54, 1.807) is 47.9 Å². The second kappa shape index (κ2) is 18.0. The fourth-order valence-corrected chi connectivity index (χ4v) is 9.02. The number of piperidine rings is 1. The molecule has 60 heavy (non-hydrogen) atoms. The lowest BCUT2D eigenvalue weighted by atomic mass is 9.85. The number of aryl methyl sites for hydroxylation is 1. The third kappa shape index (κ3) is 9.56. The second-order valence-corrected chi connectivity index (χ2v) is 17.9. The molecule has 2 aromatic heterocycles. The van der Waals surface area contributed by atoms with Gasteiger partial charge in [-0.3, -0.25) is 19.3 Å². The van der Waals surface area contributed by atoms with Crippen LogP contribution in [0.15, 0.2) is 84.5 Å². The number of amides is 3. The van der Waals surface area contributed by atoms with Gasteiger partial charge in [0.25, 0.3) is 0 Å². The topological polar surface area (TPSA) is 161 Å². The van der Waals surface area contributed by atoms with E-state index in [1.807, 2.05) is 81.4 Å². The molecular formula is C46H52FN7O5S. The number of benzene rings is 3. The van der Waals surface area contributed by atoms with E-state index < -0.39 is 29.5 Å². The summed E-state index contributed by atoms with van der Waals surface area (Å²) in [5.74, 6) is -1.37. The molecule has 0 bridgehead atoms. The van der Waals surface area contributed by atoms with Crippen LogP contribution < -0.4 is 10.6 Å². The molecule has 3 aromatic carbocycles. The van der Waals surface area contributed by atoms with Gasteiger partial charge in [0.15, 0.2) is 0 Å². The highest BCUT2D eigenvalue weighted by molar-refractivity contribution is 7.13. The summed E-state index contributed by atoms with van der Waals surface area (Å²) in [5.41, 5.74) is 6.99.